The van der Waals surface area contributed by atoms with Gasteiger partial charge in [0.2, 0.25) is 8.32 Å². The van der Waals surface area contributed by atoms with Crippen molar-refractivity contribution < 1.29 is 14.0 Å². The number of esters is 1. The zero-order chi connectivity index (χ0) is 14.3. The number of hydrogen-bond acceptors (Lipinski definition) is 3. The van der Waals surface area contributed by atoms with Crippen molar-refractivity contribution in [2.24, 2.45) is 0 Å². The molecule has 0 saturated heterocycles. The van der Waals surface area contributed by atoms with Gasteiger partial charge in [0, 0.05) is 13.3 Å². The lowest BCUT2D eigenvalue weighted by molar-refractivity contribution is -0.161. The number of ether oxygens (including phenoxy) is 1. The number of carbonyl (C=O) groups excluding carboxylic acids is 1. The number of carbonyl (C=O) groups is 1. The van der Waals surface area contributed by atoms with E-state index in [2.05, 4.69) is 25.2 Å². The molecule has 0 fully saturated rings. The average Bonchev–Trinajstić information content (AvgIpc) is 2.36. The van der Waals surface area contributed by atoms with Crippen molar-refractivity contribution in [1.82, 2.24) is 0 Å². The molecule has 0 heterocycles. The summed E-state index contributed by atoms with van der Waals surface area (Å²) in [5.41, 5.74) is 0. The fourth-order valence-electron chi connectivity index (χ4n) is 1.79. The van der Waals surface area contributed by atoms with Crippen LogP contribution in [0.2, 0.25) is 13.1 Å². The minimum Gasteiger partial charge on any atom is -0.437 e. The van der Waals surface area contributed by atoms with Gasteiger partial charge in [0.25, 0.3) is 0 Å². The minimum absolute atomic E-state index is 0.313. The Labute approximate surface area is 116 Å². The SMILES string of the molecule is C/C=C\CC(OC(C)=O)O[Si](C)(C)c1ccccc1. The smallest absolute Gasteiger partial charge is 0.304 e. The van der Waals surface area contributed by atoms with Gasteiger partial charge in [-0.25, -0.2) is 0 Å². The molecule has 0 amide bonds. The first-order valence-corrected chi connectivity index (χ1v) is 9.38. The van der Waals surface area contributed by atoms with Crippen LogP contribution in [0, 0.1) is 0 Å². The van der Waals surface area contributed by atoms with Crippen molar-refractivity contribution in [1.29, 1.82) is 0 Å². The normalized spacial score (nSPS) is 13.5. The van der Waals surface area contributed by atoms with E-state index >= 15 is 0 Å². The Morgan fingerprint density at radius 1 is 1.32 bits per heavy atom. The summed E-state index contributed by atoms with van der Waals surface area (Å²) in [6.45, 7) is 7.55. The largest absolute Gasteiger partial charge is 0.437 e. The van der Waals surface area contributed by atoms with E-state index in [0.29, 0.717) is 6.42 Å². The Hall–Kier alpha value is -1.39. The van der Waals surface area contributed by atoms with E-state index in [-0.39, 0.29) is 5.97 Å². The van der Waals surface area contributed by atoms with Gasteiger partial charge in [-0.15, -0.1) is 0 Å². The molecule has 0 aliphatic heterocycles. The third-order valence-corrected chi connectivity index (χ3v) is 5.33. The molecule has 0 radical (unpaired) electrons. The second kappa shape index (κ2) is 7.26. The quantitative estimate of drug-likeness (QED) is 0.347. The van der Waals surface area contributed by atoms with Crippen molar-refractivity contribution in [2.45, 2.75) is 39.7 Å². The molecule has 1 aromatic rings. The van der Waals surface area contributed by atoms with Crippen LogP contribution in [0.1, 0.15) is 20.3 Å². The van der Waals surface area contributed by atoms with Crippen molar-refractivity contribution in [2.75, 3.05) is 0 Å². The van der Waals surface area contributed by atoms with Gasteiger partial charge in [-0.2, -0.15) is 0 Å². The molecule has 0 N–H and O–H groups in total. The fraction of sp³-hybridized carbons (Fsp3) is 0.400. The molecular formula is C15H22O3Si. The molecule has 1 atom stereocenters. The predicted molar refractivity (Wildman–Crippen MR) is 79.6 cm³/mol. The Balaban J connectivity index is 2.78. The van der Waals surface area contributed by atoms with E-state index in [1.54, 1.807) is 0 Å². The average molecular weight is 278 g/mol. The van der Waals surface area contributed by atoms with Gasteiger partial charge in [-0.3, -0.25) is 4.79 Å². The molecule has 4 heteroatoms. The maximum absolute atomic E-state index is 11.1. The highest BCUT2D eigenvalue weighted by atomic mass is 28.4. The molecule has 19 heavy (non-hydrogen) atoms. The molecule has 0 aromatic heterocycles. The van der Waals surface area contributed by atoms with Crippen molar-refractivity contribution in [3.63, 3.8) is 0 Å². The molecule has 1 rings (SSSR count). The summed E-state index contributed by atoms with van der Waals surface area (Å²) in [6, 6.07) is 10.1. The van der Waals surface area contributed by atoms with Crippen LogP contribution in [-0.4, -0.2) is 20.6 Å². The molecule has 0 aliphatic rings. The Morgan fingerprint density at radius 3 is 2.47 bits per heavy atom. The molecular weight excluding hydrogens is 256 g/mol. The minimum atomic E-state index is -2.07. The maximum Gasteiger partial charge on any atom is 0.304 e. The van der Waals surface area contributed by atoms with Crippen molar-refractivity contribution in [3.05, 3.63) is 42.5 Å². The Kier molecular flexibility index (Phi) is 5.98. The third kappa shape index (κ3) is 5.40. The van der Waals surface area contributed by atoms with Crippen LogP contribution in [0.3, 0.4) is 0 Å². The lowest BCUT2D eigenvalue weighted by atomic mass is 10.4. The zero-order valence-electron chi connectivity index (χ0n) is 12.1. The van der Waals surface area contributed by atoms with Crippen LogP contribution in [0.4, 0.5) is 0 Å². The number of hydrogen-bond donors (Lipinski definition) is 0. The highest BCUT2D eigenvalue weighted by Crippen LogP contribution is 2.13. The zero-order valence-corrected chi connectivity index (χ0v) is 13.1. The highest BCUT2D eigenvalue weighted by Gasteiger charge is 2.29. The summed E-state index contributed by atoms with van der Waals surface area (Å²) in [4.78, 5) is 11.1. The van der Waals surface area contributed by atoms with Gasteiger partial charge >= 0.3 is 5.97 Å². The van der Waals surface area contributed by atoms with Gasteiger partial charge in [-0.1, -0.05) is 42.5 Å². The van der Waals surface area contributed by atoms with Crippen LogP contribution in [-0.2, 0) is 14.0 Å². The lowest BCUT2D eigenvalue weighted by Gasteiger charge is -2.28. The van der Waals surface area contributed by atoms with Crippen molar-refractivity contribution in [3.8, 4) is 0 Å². The Bertz CT molecular complexity index is 426. The van der Waals surface area contributed by atoms with Crippen LogP contribution in [0.25, 0.3) is 0 Å². The maximum atomic E-state index is 11.1. The second-order valence-electron chi connectivity index (χ2n) is 4.84. The van der Waals surface area contributed by atoms with Gasteiger partial charge < -0.3 is 9.16 Å². The van der Waals surface area contributed by atoms with E-state index < -0.39 is 14.6 Å². The second-order valence-corrected chi connectivity index (χ2v) is 8.67. The first kappa shape index (κ1) is 15.7. The standard InChI is InChI=1S/C15H22O3Si/c1-5-6-12-15(17-13(2)16)18-19(3,4)14-10-8-7-9-11-14/h5-11,15H,12H2,1-4H3/b6-5-. The molecule has 0 saturated carbocycles. The fourth-order valence-corrected chi connectivity index (χ4v) is 3.72. The van der Waals surface area contributed by atoms with Crippen LogP contribution in [0.5, 0.6) is 0 Å². The number of benzene rings is 1. The number of rotatable bonds is 6. The van der Waals surface area contributed by atoms with Crippen LogP contribution in [0.15, 0.2) is 42.5 Å². The first-order valence-electron chi connectivity index (χ1n) is 6.47. The predicted octanol–water partition coefficient (Wildman–Crippen LogP) is 2.97. The van der Waals surface area contributed by atoms with E-state index in [1.165, 1.54) is 12.1 Å². The van der Waals surface area contributed by atoms with Crippen LogP contribution >= 0.6 is 0 Å². The van der Waals surface area contributed by atoms with E-state index in [9.17, 15) is 4.79 Å². The summed E-state index contributed by atoms with van der Waals surface area (Å²) in [5, 5.41) is 1.19. The highest BCUT2D eigenvalue weighted by molar-refractivity contribution is 6.84. The third-order valence-electron chi connectivity index (χ3n) is 2.76. The first-order chi connectivity index (χ1) is 8.95. The van der Waals surface area contributed by atoms with Gasteiger partial charge in [0.15, 0.2) is 6.29 Å². The number of allylic oxidation sites excluding steroid dienone is 1. The molecule has 0 spiro atoms. The topological polar surface area (TPSA) is 35.5 Å². The van der Waals surface area contributed by atoms with Gasteiger partial charge in [0.1, 0.15) is 0 Å². The van der Waals surface area contributed by atoms with Gasteiger partial charge in [0.05, 0.1) is 0 Å². The van der Waals surface area contributed by atoms with E-state index in [4.69, 9.17) is 9.16 Å². The Morgan fingerprint density at radius 2 is 1.95 bits per heavy atom. The van der Waals surface area contributed by atoms with E-state index in [0.717, 1.165) is 0 Å². The summed E-state index contributed by atoms with van der Waals surface area (Å²) < 4.78 is 11.3. The molecule has 104 valence electrons. The summed E-state index contributed by atoms with van der Waals surface area (Å²) >= 11 is 0. The van der Waals surface area contributed by atoms with Crippen LogP contribution < -0.4 is 5.19 Å². The lowest BCUT2D eigenvalue weighted by Crippen LogP contribution is -2.48. The molecule has 0 aliphatic carbocycles. The van der Waals surface area contributed by atoms with E-state index in [1.807, 2.05) is 37.3 Å². The molecule has 0 bridgehead atoms. The molecule has 1 aromatic carbocycles. The summed E-state index contributed by atoms with van der Waals surface area (Å²) in [7, 11) is -2.07. The monoisotopic (exact) mass is 278 g/mol. The summed E-state index contributed by atoms with van der Waals surface area (Å²) in [5.74, 6) is -0.313. The van der Waals surface area contributed by atoms with Gasteiger partial charge in [-0.05, 0) is 25.2 Å². The molecule has 1 unspecified atom stereocenters. The summed E-state index contributed by atoms with van der Waals surface area (Å²) in [6.07, 6.45) is 3.95. The molecule has 3 nitrogen and oxygen atoms in total. The van der Waals surface area contributed by atoms with Crippen molar-refractivity contribution >= 4 is 19.5 Å².